The lowest BCUT2D eigenvalue weighted by Gasteiger charge is -2.07. The molecule has 0 rings (SSSR count). The molecular weight excluding hydrogens is 112 g/mol. The van der Waals surface area contributed by atoms with Gasteiger partial charge in [0.1, 0.15) is 5.78 Å². The van der Waals surface area contributed by atoms with Crippen molar-refractivity contribution in [3.05, 3.63) is 0 Å². The van der Waals surface area contributed by atoms with E-state index in [1.54, 1.807) is 6.92 Å². The third-order valence-corrected chi connectivity index (χ3v) is 1.70. The van der Waals surface area contributed by atoms with Crippen LogP contribution in [0.15, 0.2) is 0 Å². The van der Waals surface area contributed by atoms with Crippen LogP contribution in [0.3, 0.4) is 0 Å². The van der Waals surface area contributed by atoms with E-state index in [1.807, 2.05) is 0 Å². The molecule has 0 aromatic rings. The Labute approximate surface area is 57.5 Å². The van der Waals surface area contributed by atoms with Crippen LogP contribution in [0.4, 0.5) is 0 Å². The Hall–Kier alpha value is -0.330. The van der Waals surface area contributed by atoms with Crippen molar-refractivity contribution in [1.29, 1.82) is 0 Å². The van der Waals surface area contributed by atoms with E-state index in [-0.39, 0.29) is 0 Å². The molecule has 1 atom stereocenters. The Balaban J connectivity index is 3.54. The molecule has 0 unspecified atom stereocenters. The van der Waals surface area contributed by atoms with Crippen LogP contribution in [0, 0.1) is 5.92 Å². The topological polar surface area (TPSA) is 17.1 Å². The van der Waals surface area contributed by atoms with E-state index in [4.69, 9.17) is 0 Å². The number of carbonyl (C=O) groups is 1. The molecule has 0 aliphatic rings. The molecule has 0 amide bonds. The van der Waals surface area contributed by atoms with Crippen LogP contribution >= 0.6 is 0 Å². The van der Waals surface area contributed by atoms with E-state index >= 15 is 0 Å². The summed E-state index contributed by atoms with van der Waals surface area (Å²) < 4.78 is 0. The van der Waals surface area contributed by atoms with Crippen LogP contribution in [-0.4, -0.2) is 5.78 Å². The van der Waals surface area contributed by atoms with Gasteiger partial charge >= 0.3 is 0 Å². The first kappa shape index (κ1) is 8.67. The standard InChI is InChI=1S/C8H16O/c1-4-6-8(5-2)7(3)9/h8H,4-6H2,1-3H3/t8-/m0/s1. The predicted molar refractivity (Wildman–Crippen MR) is 39.4 cm³/mol. The molecule has 0 fully saturated rings. The summed E-state index contributed by atoms with van der Waals surface area (Å²) >= 11 is 0. The van der Waals surface area contributed by atoms with Crippen molar-refractivity contribution in [3.8, 4) is 0 Å². The first-order valence-corrected chi connectivity index (χ1v) is 3.72. The Kier molecular flexibility index (Phi) is 4.37. The van der Waals surface area contributed by atoms with E-state index < -0.39 is 0 Å². The Morgan fingerprint density at radius 3 is 2.11 bits per heavy atom. The molecule has 1 nitrogen and oxygen atoms in total. The largest absolute Gasteiger partial charge is 0.300 e. The van der Waals surface area contributed by atoms with Crippen molar-refractivity contribution in [2.45, 2.75) is 40.0 Å². The molecule has 0 saturated carbocycles. The van der Waals surface area contributed by atoms with Gasteiger partial charge in [-0.2, -0.15) is 0 Å². The fourth-order valence-corrected chi connectivity index (χ4v) is 1.04. The predicted octanol–water partition coefficient (Wildman–Crippen LogP) is 2.40. The molecule has 0 aromatic carbocycles. The fourth-order valence-electron chi connectivity index (χ4n) is 1.04. The smallest absolute Gasteiger partial charge is 0.132 e. The van der Waals surface area contributed by atoms with E-state index in [0.717, 1.165) is 19.3 Å². The lowest BCUT2D eigenvalue weighted by atomic mass is 9.97. The third kappa shape index (κ3) is 3.28. The number of rotatable bonds is 4. The Bertz CT molecular complexity index is 86.6. The Morgan fingerprint density at radius 1 is 1.44 bits per heavy atom. The highest BCUT2D eigenvalue weighted by Gasteiger charge is 2.08. The number of ketones is 1. The second kappa shape index (κ2) is 4.54. The van der Waals surface area contributed by atoms with Crippen LogP contribution in [-0.2, 0) is 4.79 Å². The van der Waals surface area contributed by atoms with Gasteiger partial charge in [-0.05, 0) is 19.8 Å². The van der Waals surface area contributed by atoms with Crippen LogP contribution in [0.25, 0.3) is 0 Å². The van der Waals surface area contributed by atoms with Gasteiger partial charge in [0, 0.05) is 5.92 Å². The summed E-state index contributed by atoms with van der Waals surface area (Å²) in [5.74, 6) is 0.675. The van der Waals surface area contributed by atoms with E-state index in [1.165, 1.54) is 0 Å². The molecule has 54 valence electrons. The second-order valence-corrected chi connectivity index (χ2v) is 2.50. The summed E-state index contributed by atoms with van der Waals surface area (Å²) in [5.41, 5.74) is 0. The molecule has 0 aliphatic heterocycles. The molecule has 0 N–H and O–H groups in total. The lowest BCUT2D eigenvalue weighted by molar-refractivity contribution is -0.121. The number of hydrogen-bond donors (Lipinski definition) is 0. The van der Waals surface area contributed by atoms with Crippen LogP contribution < -0.4 is 0 Å². The molecule has 9 heavy (non-hydrogen) atoms. The first-order chi connectivity index (χ1) is 4.22. The summed E-state index contributed by atoms with van der Waals surface area (Å²) in [5, 5.41) is 0. The highest BCUT2D eigenvalue weighted by molar-refractivity contribution is 5.78. The van der Waals surface area contributed by atoms with Crippen molar-refractivity contribution in [3.63, 3.8) is 0 Å². The molecule has 0 aromatic heterocycles. The highest BCUT2D eigenvalue weighted by Crippen LogP contribution is 2.10. The zero-order chi connectivity index (χ0) is 7.28. The van der Waals surface area contributed by atoms with Gasteiger partial charge in [0.2, 0.25) is 0 Å². The quantitative estimate of drug-likeness (QED) is 0.568. The molecule has 0 radical (unpaired) electrons. The number of hydrogen-bond acceptors (Lipinski definition) is 1. The molecule has 1 heteroatoms. The van der Waals surface area contributed by atoms with Gasteiger partial charge in [-0.1, -0.05) is 20.3 Å². The SMILES string of the molecule is CCC[C@H](CC)C(C)=O. The van der Waals surface area contributed by atoms with Crippen LogP contribution in [0.1, 0.15) is 40.0 Å². The van der Waals surface area contributed by atoms with Gasteiger partial charge in [0.15, 0.2) is 0 Å². The monoisotopic (exact) mass is 128 g/mol. The highest BCUT2D eigenvalue weighted by atomic mass is 16.1. The summed E-state index contributed by atoms with van der Waals surface area (Å²) in [7, 11) is 0. The Morgan fingerprint density at radius 2 is 2.00 bits per heavy atom. The normalized spacial score (nSPS) is 13.2. The van der Waals surface area contributed by atoms with E-state index in [0.29, 0.717) is 11.7 Å². The average Bonchev–Trinajstić information content (AvgIpc) is 1.82. The van der Waals surface area contributed by atoms with Crippen molar-refractivity contribution < 1.29 is 4.79 Å². The lowest BCUT2D eigenvalue weighted by Crippen LogP contribution is -2.08. The first-order valence-electron chi connectivity index (χ1n) is 3.72. The molecule has 0 heterocycles. The zero-order valence-corrected chi connectivity index (χ0v) is 6.61. The molecule has 0 spiro atoms. The van der Waals surface area contributed by atoms with Crippen molar-refractivity contribution in [1.82, 2.24) is 0 Å². The maximum Gasteiger partial charge on any atom is 0.132 e. The third-order valence-electron chi connectivity index (χ3n) is 1.70. The minimum atomic E-state index is 0.329. The van der Waals surface area contributed by atoms with Gasteiger partial charge in [-0.15, -0.1) is 0 Å². The summed E-state index contributed by atoms with van der Waals surface area (Å²) in [6, 6.07) is 0. The average molecular weight is 128 g/mol. The van der Waals surface area contributed by atoms with Crippen LogP contribution in [0.5, 0.6) is 0 Å². The molecular formula is C8H16O. The second-order valence-electron chi connectivity index (χ2n) is 2.50. The van der Waals surface area contributed by atoms with Crippen molar-refractivity contribution >= 4 is 5.78 Å². The molecule has 0 aliphatic carbocycles. The minimum Gasteiger partial charge on any atom is -0.300 e. The maximum atomic E-state index is 10.8. The van der Waals surface area contributed by atoms with E-state index in [2.05, 4.69) is 13.8 Å². The van der Waals surface area contributed by atoms with Gasteiger partial charge in [-0.25, -0.2) is 0 Å². The van der Waals surface area contributed by atoms with Crippen LogP contribution in [0.2, 0.25) is 0 Å². The zero-order valence-electron chi connectivity index (χ0n) is 6.61. The summed E-state index contributed by atoms with van der Waals surface area (Å²) in [4.78, 5) is 10.8. The fraction of sp³-hybridized carbons (Fsp3) is 0.875. The summed E-state index contributed by atoms with van der Waals surface area (Å²) in [6.45, 7) is 5.87. The molecule has 0 bridgehead atoms. The number of carbonyl (C=O) groups excluding carboxylic acids is 1. The molecule has 0 saturated heterocycles. The maximum absolute atomic E-state index is 10.8. The van der Waals surface area contributed by atoms with Gasteiger partial charge in [0.25, 0.3) is 0 Å². The summed E-state index contributed by atoms with van der Waals surface area (Å²) in [6.07, 6.45) is 3.19. The van der Waals surface area contributed by atoms with Gasteiger partial charge in [0.05, 0.1) is 0 Å². The minimum absolute atomic E-state index is 0.329. The number of Topliss-reactive ketones (excluding diaryl/α,β-unsaturated/α-hetero) is 1. The van der Waals surface area contributed by atoms with Gasteiger partial charge in [-0.3, -0.25) is 4.79 Å². The van der Waals surface area contributed by atoms with Gasteiger partial charge < -0.3 is 0 Å². The van der Waals surface area contributed by atoms with Crippen molar-refractivity contribution in [2.24, 2.45) is 5.92 Å². The van der Waals surface area contributed by atoms with Crippen molar-refractivity contribution in [2.75, 3.05) is 0 Å². The van der Waals surface area contributed by atoms with E-state index in [9.17, 15) is 4.79 Å².